The molecule has 0 fully saturated rings. The number of carbonyl (C=O) groups excluding carboxylic acids is 8. The average Bonchev–Trinajstić information content (AvgIpc) is 3.88. The van der Waals surface area contributed by atoms with E-state index in [0.717, 1.165) is 0 Å². The Morgan fingerprint density at radius 1 is 0.569 bits per heavy atom. The first kappa shape index (κ1) is 59.0. The van der Waals surface area contributed by atoms with Gasteiger partial charge in [0.25, 0.3) is 0 Å². The fraction of sp³-hybridized carbons (Fsp3) is 0.489. The first-order valence-corrected chi connectivity index (χ1v) is 23.3. The molecular formula is C47H68N12O13. The maximum atomic E-state index is 14.4. The van der Waals surface area contributed by atoms with Crippen molar-refractivity contribution in [3.05, 3.63) is 90.0 Å². The number of rotatable bonds is 32. The number of aliphatic hydroxyl groups excluding tert-OH is 3. The third kappa shape index (κ3) is 20.6. The molecule has 0 spiro atoms. The van der Waals surface area contributed by atoms with Gasteiger partial charge in [-0.2, -0.15) is 0 Å². The number of hydrogen-bond acceptors (Lipinski definition) is 15. The number of benzene rings is 2. The molecule has 8 atom stereocenters. The Kier molecular flexibility index (Phi) is 25.5. The summed E-state index contributed by atoms with van der Waals surface area (Å²) < 4.78 is 0. The zero-order valence-electron chi connectivity index (χ0n) is 40.2. The molecular weight excluding hydrogens is 941 g/mol. The highest BCUT2D eigenvalue weighted by Crippen LogP contribution is 2.11. The minimum atomic E-state index is -1.68. The van der Waals surface area contributed by atoms with Gasteiger partial charge in [-0.05, 0) is 49.3 Å². The van der Waals surface area contributed by atoms with Crippen LogP contribution in [-0.4, -0.2) is 165 Å². The smallest absolute Gasteiger partial charge is 0.326 e. The molecule has 1 aromatic heterocycles. The van der Waals surface area contributed by atoms with Crippen LogP contribution in [0.4, 0.5) is 0 Å². The van der Waals surface area contributed by atoms with Gasteiger partial charge >= 0.3 is 5.97 Å². The van der Waals surface area contributed by atoms with Gasteiger partial charge in [0, 0.05) is 31.2 Å². The third-order valence-corrected chi connectivity index (χ3v) is 11.0. The number of amides is 8. The Morgan fingerprint density at radius 2 is 1.03 bits per heavy atom. The maximum absolute atomic E-state index is 14.4. The van der Waals surface area contributed by atoms with Crippen molar-refractivity contribution >= 4 is 53.2 Å². The van der Waals surface area contributed by atoms with Gasteiger partial charge in [0.1, 0.15) is 48.3 Å². The normalized spacial score (nSPS) is 14.4. The van der Waals surface area contributed by atoms with Crippen molar-refractivity contribution in [2.45, 2.75) is 107 Å². The number of imidazole rings is 1. The van der Waals surface area contributed by atoms with Crippen LogP contribution in [0.3, 0.4) is 0 Å². The lowest BCUT2D eigenvalue weighted by Gasteiger charge is -2.27. The number of aromatic amines is 1. The molecule has 17 N–H and O–H groups in total. The van der Waals surface area contributed by atoms with Crippen LogP contribution in [0, 0.1) is 5.92 Å². The third-order valence-electron chi connectivity index (χ3n) is 11.0. The van der Waals surface area contributed by atoms with E-state index in [1.807, 2.05) is 0 Å². The van der Waals surface area contributed by atoms with Gasteiger partial charge in [-0.25, -0.2) is 9.78 Å². The standard InChI is InChI=1S/C47H68N12O13/c1-27(2)17-36(47(71)72)58-46(70)38(25-62)53-39(63)22-51-41(65)37(24-61)59-42(66)32(15-9-10-16-48)54-43(67)34(19-29-13-7-4-8-14-29)56-45(69)35(20-30-21-50-26-52-30)57-44(68)33(55-40(64)31(49)23-60)18-28-11-5-3-6-12-28/h3-8,11-14,21,26-27,31-38,60-62H,9-10,15-20,22-25,48-49H2,1-2H3,(H,50,52)(H,51,65)(H,53,63)(H,54,67)(H,55,64)(H,56,69)(H,57,68)(H,58,70)(H,59,66)(H,71,72)/t31-,32-,33-,34-,35-,36-,37-,38-/m0/s1. The number of unbranched alkanes of at least 4 members (excludes halogenated alkanes) is 1. The minimum absolute atomic E-state index is 0.0273. The number of nitrogens with one attached hydrogen (secondary N) is 9. The molecule has 3 rings (SSSR count). The molecule has 0 saturated carbocycles. The van der Waals surface area contributed by atoms with Crippen molar-refractivity contribution in [3.63, 3.8) is 0 Å². The number of carboxylic acids is 1. The molecule has 0 aliphatic rings. The molecule has 2 aromatic carbocycles. The van der Waals surface area contributed by atoms with Crippen molar-refractivity contribution in [1.29, 1.82) is 0 Å². The highest BCUT2D eigenvalue weighted by molar-refractivity contribution is 5.97. The Hall–Kier alpha value is -7.32. The number of nitrogens with two attached hydrogens (primary N) is 2. The zero-order valence-corrected chi connectivity index (χ0v) is 40.2. The number of hydrogen-bond donors (Lipinski definition) is 15. The minimum Gasteiger partial charge on any atom is -0.480 e. The lowest BCUT2D eigenvalue weighted by atomic mass is 10.0. The Labute approximate surface area is 415 Å². The molecule has 8 amide bonds. The summed E-state index contributed by atoms with van der Waals surface area (Å²) in [5.74, 6) is -8.73. The summed E-state index contributed by atoms with van der Waals surface area (Å²) in [6.45, 7) is 0.309. The number of aliphatic carboxylic acids is 1. The molecule has 1 heterocycles. The van der Waals surface area contributed by atoms with E-state index in [0.29, 0.717) is 29.7 Å². The van der Waals surface area contributed by atoms with Gasteiger partial charge < -0.3 is 79.4 Å². The first-order valence-electron chi connectivity index (χ1n) is 23.3. The van der Waals surface area contributed by atoms with Gasteiger partial charge in [0.15, 0.2) is 0 Å². The van der Waals surface area contributed by atoms with E-state index < -0.39 is 128 Å². The van der Waals surface area contributed by atoms with E-state index in [2.05, 4.69) is 52.5 Å². The molecule has 0 aliphatic heterocycles. The number of aromatic nitrogens is 2. The van der Waals surface area contributed by atoms with Gasteiger partial charge in [0.05, 0.1) is 32.7 Å². The van der Waals surface area contributed by atoms with Crippen LogP contribution in [0.25, 0.3) is 0 Å². The van der Waals surface area contributed by atoms with Crippen LogP contribution >= 0.6 is 0 Å². The van der Waals surface area contributed by atoms with Crippen LogP contribution < -0.4 is 54.0 Å². The van der Waals surface area contributed by atoms with E-state index >= 15 is 0 Å². The largest absolute Gasteiger partial charge is 0.480 e. The van der Waals surface area contributed by atoms with Crippen LogP contribution in [0.15, 0.2) is 73.2 Å². The molecule has 72 heavy (non-hydrogen) atoms. The molecule has 25 heteroatoms. The summed E-state index contributed by atoms with van der Waals surface area (Å²) in [6, 6.07) is 5.84. The van der Waals surface area contributed by atoms with Crippen LogP contribution in [0.2, 0.25) is 0 Å². The predicted octanol–water partition coefficient (Wildman–Crippen LogP) is -4.49. The van der Waals surface area contributed by atoms with Gasteiger partial charge in [-0.15, -0.1) is 0 Å². The molecule has 25 nitrogen and oxygen atoms in total. The fourth-order valence-electron chi connectivity index (χ4n) is 7.05. The maximum Gasteiger partial charge on any atom is 0.326 e. The van der Waals surface area contributed by atoms with Gasteiger partial charge in [-0.1, -0.05) is 74.5 Å². The highest BCUT2D eigenvalue weighted by Gasteiger charge is 2.34. The first-order chi connectivity index (χ1) is 34.4. The van der Waals surface area contributed by atoms with E-state index in [1.54, 1.807) is 74.5 Å². The lowest BCUT2D eigenvalue weighted by Crippen LogP contribution is -2.61. The fourth-order valence-corrected chi connectivity index (χ4v) is 7.05. The van der Waals surface area contributed by atoms with Crippen molar-refractivity contribution in [2.75, 3.05) is 32.9 Å². The Morgan fingerprint density at radius 3 is 1.50 bits per heavy atom. The number of aliphatic hydroxyl groups is 3. The van der Waals surface area contributed by atoms with E-state index in [1.165, 1.54) is 12.5 Å². The zero-order chi connectivity index (χ0) is 53.2. The van der Waals surface area contributed by atoms with Crippen molar-refractivity contribution in [1.82, 2.24) is 52.5 Å². The highest BCUT2D eigenvalue weighted by atomic mass is 16.4. The van der Waals surface area contributed by atoms with Crippen LogP contribution in [-0.2, 0) is 62.4 Å². The molecule has 0 aliphatic carbocycles. The van der Waals surface area contributed by atoms with Gasteiger partial charge in [-0.3, -0.25) is 38.4 Å². The summed E-state index contributed by atoms with van der Waals surface area (Å²) in [5, 5.41) is 58.4. The Balaban J connectivity index is 1.82. The van der Waals surface area contributed by atoms with Crippen molar-refractivity contribution in [2.24, 2.45) is 17.4 Å². The molecule has 3 aromatic rings. The summed E-state index contributed by atoms with van der Waals surface area (Å²) >= 11 is 0. The molecule has 394 valence electrons. The van der Waals surface area contributed by atoms with Crippen LogP contribution in [0.5, 0.6) is 0 Å². The summed E-state index contributed by atoms with van der Waals surface area (Å²) in [5.41, 5.74) is 13.1. The second kappa shape index (κ2) is 31.1. The van der Waals surface area contributed by atoms with Crippen LogP contribution in [0.1, 0.15) is 56.4 Å². The second-order valence-electron chi connectivity index (χ2n) is 17.3. The monoisotopic (exact) mass is 1010 g/mol. The summed E-state index contributed by atoms with van der Waals surface area (Å²) in [7, 11) is 0. The second-order valence-corrected chi connectivity index (χ2v) is 17.3. The quantitative estimate of drug-likeness (QED) is 0.0262. The van der Waals surface area contributed by atoms with E-state index in [9.17, 15) is 63.6 Å². The molecule has 0 saturated heterocycles. The number of H-pyrrole nitrogens is 1. The van der Waals surface area contributed by atoms with Gasteiger partial charge in [0.2, 0.25) is 47.3 Å². The topological polar surface area (TPSA) is 412 Å². The average molecular weight is 1010 g/mol. The number of carbonyl (C=O) groups is 9. The Bertz CT molecular complexity index is 2220. The van der Waals surface area contributed by atoms with Crippen molar-refractivity contribution < 1.29 is 63.6 Å². The number of carboxylic acid groups (broad SMARTS) is 1. The lowest BCUT2D eigenvalue weighted by molar-refractivity contribution is -0.143. The summed E-state index contributed by atoms with van der Waals surface area (Å²) in [4.78, 5) is 126. The molecule has 0 unspecified atom stereocenters. The van der Waals surface area contributed by atoms with E-state index in [4.69, 9.17) is 11.5 Å². The molecule has 0 radical (unpaired) electrons. The van der Waals surface area contributed by atoms with Crippen molar-refractivity contribution in [3.8, 4) is 0 Å². The molecule has 0 bridgehead atoms. The number of nitrogens with zero attached hydrogens (tertiary/aromatic N) is 1. The predicted molar refractivity (Wildman–Crippen MR) is 258 cm³/mol. The summed E-state index contributed by atoms with van der Waals surface area (Å²) in [6.07, 6.45) is 3.22. The van der Waals surface area contributed by atoms with E-state index in [-0.39, 0.29) is 44.6 Å². The SMILES string of the molecule is CC(C)C[C@H](NC(=O)[C@H](CO)NC(=O)CNC(=O)[C@H](CO)NC(=O)[C@H](CCCCN)NC(=O)[C@H](Cc1ccccc1)NC(=O)[C@H](Cc1cnc[nH]1)NC(=O)[C@H](Cc1ccccc1)NC(=O)[C@@H](N)CO)C(=O)O.